The number of ether oxygens (including phenoxy) is 1. The maximum Gasteiger partial charge on any atom is 0.264 e. The fourth-order valence-electron chi connectivity index (χ4n) is 5.48. The molecule has 0 radical (unpaired) electrons. The van der Waals surface area contributed by atoms with Crippen molar-refractivity contribution in [2.24, 2.45) is 0 Å². The maximum atomic E-state index is 14.3. The van der Waals surface area contributed by atoms with Crippen LogP contribution in [-0.4, -0.2) is 50.9 Å². The number of aryl methyl sites for hydroxylation is 2. The molecule has 2 amide bonds. The van der Waals surface area contributed by atoms with Crippen molar-refractivity contribution in [1.82, 2.24) is 10.2 Å². The predicted octanol–water partition coefficient (Wildman–Crippen LogP) is 5.37. The number of carbonyl (C=O) groups excluding carboxylic acids is 2. The van der Waals surface area contributed by atoms with Crippen molar-refractivity contribution in [2.75, 3.05) is 18.0 Å². The number of rotatable bonds is 12. The average Bonchev–Trinajstić information content (AvgIpc) is 3.50. The van der Waals surface area contributed by atoms with Gasteiger partial charge in [0, 0.05) is 12.6 Å². The molecule has 0 spiro atoms. The summed E-state index contributed by atoms with van der Waals surface area (Å²) in [7, 11) is -2.54. The van der Waals surface area contributed by atoms with Crippen LogP contribution in [0.4, 0.5) is 5.69 Å². The third-order valence-electron chi connectivity index (χ3n) is 7.82. The van der Waals surface area contributed by atoms with E-state index < -0.39 is 28.5 Å². The highest BCUT2D eigenvalue weighted by molar-refractivity contribution is 7.92. The molecule has 1 aliphatic carbocycles. The number of sulfonamides is 1. The first kappa shape index (κ1) is 31.1. The molecule has 224 valence electrons. The highest BCUT2D eigenvalue weighted by Gasteiger charge is 2.35. The van der Waals surface area contributed by atoms with E-state index in [0.29, 0.717) is 17.9 Å². The van der Waals surface area contributed by atoms with Crippen molar-refractivity contribution < 1.29 is 22.7 Å². The molecular weight excluding hydrogens is 550 g/mol. The van der Waals surface area contributed by atoms with Gasteiger partial charge in [-0.1, -0.05) is 62.2 Å². The molecule has 0 heterocycles. The summed E-state index contributed by atoms with van der Waals surface area (Å²) < 4.78 is 34.7. The monoisotopic (exact) mass is 591 g/mol. The molecule has 0 aliphatic heterocycles. The van der Waals surface area contributed by atoms with Crippen LogP contribution in [0.3, 0.4) is 0 Å². The van der Waals surface area contributed by atoms with Crippen LogP contribution >= 0.6 is 0 Å². The predicted molar refractivity (Wildman–Crippen MR) is 165 cm³/mol. The van der Waals surface area contributed by atoms with E-state index in [1.807, 2.05) is 57.2 Å². The molecule has 3 aromatic rings. The fraction of sp³-hybridized carbons (Fsp3) is 0.394. The number of nitrogens with zero attached hydrogens (tertiary/aromatic N) is 2. The molecule has 1 aliphatic rings. The van der Waals surface area contributed by atoms with Crippen LogP contribution in [0.5, 0.6) is 5.75 Å². The Morgan fingerprint density at radius 2 is 1.69 bits per heavy atom. The van der Waals surface area contributed by atoms with Crippen LogP contribution in [0.15, 0.2) is 77.7 Å². The van der Waals surface area contributed by atoms with Gasteiger partial charge in [0.25, 0.3) is 10.0 Å². The highest BCUT2D eigenvalue weighted by Crippen LogP contribution is 2.29. The lowest BCUT2D eigenvalue weighted by molar-refractivity contribution is -0.140. The Morgan fingerprint density at radius 3 is 2.36 bits per heavy atom. The zero-order valence-electron chi connectivity index (χ0n) is 24.9. The SMILES string of the molecule is CC[C@@H](C(=O)NC1CCCC1)N(Cc1cccc(OC)c1)C(=O)CN(c1cc(C)ccc1C)S(=O)(=O)c1ccccc1. The summed E-state index contributed by atoms with van der Waals surface area (Å²) in [6, 6.07) is 20.3. The molecule has 1 saturated carbocycles. The van der Waals surface area contributed by atoms with Gasteiger partial charge in [0.15, 0.2) is 0 Å². The van der Waals surface area contributed by atoms with E-state index in [2.05, 4.69) is 5.32 Å². The van der Waals surface area contributed by atoms with E-state index in [1.165, 1.54) is 21.3 Å². The molecule has 0 bridgehead atoms. The lowest BCUT2D eigenvalue weighted by atomic mass is 10.1. The lowest BCUT2D eigenvalue weighted by Crippen LogP contribution is -2.53. The Balaban J connectivity index is 1.74. The summed E-state index contributed by atoms with van der Waals surface area (Å²) in [5.74, 6) is -0.0523. The second kappa shape index (κ2) is 13.9. The number of methoxy groups -OCH3 is 1. The van der Waals surface area contributed by atoms with E-state index in [9.17, 15) is 18.0 Å². The molecular formula is C33H41N3O5S. The average molecular weight is 592 g/mol. The largest absolute Gasteiger partial charge is 0.497 e. The number of hydrogen-bond donors (Lipinski definition) is 1. The molecule has 0 aromatic heterocycles. The van der Waals surface area contributed by atoms with Gasteiger partial charge in [-0.25, -0.2) is 8.42 Å². The first-order chi connectivity index (χ1) is 20.1. The third kappa shape index (κ3) is 7.31. The number of anilines is 1. The minimum atomic E-state index is -4.11. The Labute approximate surface area is 249 Å². The van der Waals surface area contributed by atoms with Gasteiger partial charge >= 0.3 is 0 Å². The quantitative estimate of drug-likeness (QED) is 0.305. The Bertz CT molecular complexity index is 1490. The summed E-state index contributed by atoms with van der Waals surface area (Å²) in [6.45, 7) is 5.24. The first-order valence-corrected chi connectivity index (χ1v) is 16.0. The van der Waals surface area contributed by atoms with Gasteiger partial charge in [-0.3, -0.25) is 13.9 Å². The van der Waals surface area contributed by atoms with Gasteiger partial charge in [0.2, 0.25) is 11.8 Å². The van der Waals surface area contributed by atoms with Gasteiger partial charge < -0.3 is 15.0 Å². The molecule has 0 saturated heterocycles. The van der Waals surface area contributed by atoms with Gasteiger partial charge in [-0.2, -0.15) is 0 Å². The molecule has 4 rings (SSSR count). The van der Waals surface area contributed by atoms with Crippen LogP contribution in [0.25, 0.3) is 0 Å². The lowest BCUT2D eigenvalue weighted by Gasteiger charge is -2.34. The van der Waals surface area contributed by atoms with Gasteiger partial charge in [0.1, 0.15) is 18.3 Å². The second-order valence-corrected chi connectivity index (χ2v) is 12.8. The highest BCUT2D eigenvalue weighted by atomic mass is 32.2. The smallest absolute Gasteiger partial charge is 0.264 e. The summed E-state index contributed by atoms with van der Waals surface area (Å²) >= 11 is 0. The van der Waals surface area contributed by atoms with Crippen LogP contribution in [0.1, 0.15) is 55.7 Å². The van der Waals surface area contributed by atoms with Crippen LogP contribution < -0.4 is 14.4 Å². The summed E-state index contributed by atoms with van der Waals surface area (Å²) in [5, 5.41) is 3.14. The number of hydrogen-bond acceptors (Lipinski definition) is 5. The molecule has 1 atom stereocenters. The van der Waals surface area contributed by atoms with Gasteiger partial charge in [-0.15, -0.1) is 0 Å². The normalized spacial score (nSPS) is 14.3. The minimum Gasteiger partial charge on any atom is -0.497 e. The second-order valence-electron chi connectivity index (χ2n) is 10.9. The first-order valence-electron chi connectivity index (χ1n) is 14.5. The summed E-state index contributed by atoms with van der Waals surface area (Å²) in [4.78, 5) is 29.5. The Kier molecular flexibility index (Phi) is 10.3. The molecule has 9 heteroatoms. The van der Waals surface area contributed by atoms with Crippen molar-refractivity contribution in [1.29, 1.82) is 0 Å². The number of benzene rings is 3. The minimum absolute atomic E-state index is 0.0871. The van der Waals surface area contributed by atoms with E-state index >= 15 is 0 Å². The zero-order chi connectivity index (χ0) is 30.3. The molecule has 1 fully saturated rings. The van der Waals surface area contributed by atoms with Gasteiger partial charge in [0.05, 0.1) is 17.7 Å². The molecule has 3 aromatic carbocycles. The third-order valence-corrected chi connectivity index (χ3v) is 9.59. The van der Waals surface area contributed by atoms with Crippen molar-refractivity contribution in [2.45, 2.75) is 76.4 Å². The summed E-state index contributed by atoms with van der Waals surface area (Å²) in [6.07, 6.45) is 4.35. The molecule has 0 unspecified atom stereocenters. The van der Waals surface area contributed by atoms with Crippen molar-refractivity contribution >= 4 is 27.5 Å². The van der Waals surface area contributed by atoms with E-state index in [4.69, 9.17) is 4.74 Å². The zero-order valence-corrected chi connectivity index (χ0v) is 25.7. The Hall–Kier alpha value is -3.85. The van der Waals surface area contributed by atoms with Crippen LogP contribution in [-0.2, 0) is 26.2 Å². The van der Waals surface area contributed by atoms with Crippen LogP contribution in [0, 0.1) is 13.8 Å². The molecule has 42 heavy (non-hydrogen) atoms. The van der Waals surface area contributed by atoms with Crippen molar-refractivity contribution in [3.05, 3.63) is 89.5 Å². The molecule has 1 N–H and O–H groups in total. The standard InChI is InChI=1S/C33H41N3O5S/c1-5-30(33(38)34-27-13-9-10-14-27)35(22-26-12-11-15-28(21-26)41-4)32(37)23-36(31-20-24(2)18-19-25(31)3)42(39,40)29-16-7-6-8-17-29/h6-8,11-12,15-21,27,30H,5,9-10,13-14,22-23H2,1-4H3,(H,34,38)/t30-/m0/s1. The number of carbonyl (C=O) groups is 2. The fourth-order valence-corrected chi connectivity index (χ4v) is 6.97. The van der Waals surface area contributed by atoms with Crippen molar-refractivity contribution in [3.63, 3.8) is 0 Å². The number of nitrogens with one attached hydrogen (secondary N) is 1. The van der Waals surface area contributed by atoms with Crippen LogP contribution in [0.2, 0.25) is 0 Å². The maximum absolute atomic E-state index is 14.3. The van der Waals surface area contributed by atoms with E-state index in [-0.39, 0.29) is 23.4 Å². The van der Waals surface area contributed by atoms with Crippen molar-refractivity contribution in [3.8, 4) is 5.75 Å². The molecule has 8 nitrogen and oxygen atoms in total. The Morgan fingerprint density at radius 1 is 0.976 bits per heavy atom. The number of amides is 2. The summed E-state index contributed by atoms with van der Waals surface area (Å²) in [5.41, 5.74) is 2.79. The van der Waals surface area contributed by atoms with E-state index in [1.54, 1.807) is 31.4 Å². The van der Waals surface area contributed by atoms with Gasteiger partial charge in [-0.05, 0) is 80.1 Å². The van der Waals surface area contributed by atoms with E-state index in [0.717, 1.165) is 42.4 Å². The topological polar surface area (TPSA) is 96.0 Å².